The van der Waals surface area contributed by atoms with Crippen LogP contribution in [0.1, 0.15) is 0 Å². The number of hydrogen-bond acceptors (Lipinski definition) is 1. The number of nitrogens with zero attached hydrogens (tertiary/aromatic N) is 2. The Kier molecular flexibility index (Phi) is 2.34. The van der Waals surface area contributed by atoms with Crippen molar-refractivity contribution >= 4 is 11.0 Å². The molecule has 2 aromatic rings. The molecule has 0 fully saturated rings. The second-order valence-corrected chi connectivity index (χ2v) is 3.04. The van der Waals surface area contributed by atoms with Crippen LogP contribution in [0, 0.1) is 11.6 Å². The molecule has 0 spiro atoms. The summed E-state index contributed by atoms with van der Waals surface area (Å²) in [6.45, 7) is -0.582. The molecule has 0 saturated carbocycles. The van der Waals surface area contributed by atoms with Gasteiger partial charge in [0, 0.05) is 12.1 Å². The molecule has 0 N–H and O–H groups in total. The van der Waals surface area contributed by atoms with E-state index in [1.807, 2.05) is 0 Å². The Labute approximate surface area is 82.1 Å². The van der Waals surface area contributed by atoms with Gasteiger partial charge in [0.1, 0.15) is 0 Å². The number of rotatable bonds is 2. The quantitative estimate of drug-likeness (QED) is 0.708. The third-order valence-electron chi connectivity index (χ3n) is 2.00. The Balaban J connectivity index is 2.54. The van der Waals surface area contributed by atoms with Gasteiger partial charge < -0.3 is 4.57 Å². The molecule has 0 radical (unpaired) electrons. The Morgan fingerprint density at radius 3 is 2.53 bits per heavy atom. The zero-order valence-electron chi connectivity index (χ0n) is 7.42. The summed E-state index contributed by atoms with van der Waals surface area (Å²) in [5, 5.41) is 0. The average Bonchev–Trinajstić information content (AvgIpc) is 2.49. The molecule has 0 saturated heterocycles. The largest absolute Gasteiger partial charge is 0.325 e. The van der Waals surface area contributed by atoms with E-state index in [0.29, 0.717) is 0 Å². The lowest BCUT2D eigenvalue weighted by Crippen LogP contribution is -2.05. The number of hydrogen-bond donors (Lipinski definition) is 0. The first-order valence-electron chi connectivity index (χ1n) is 4.16. The predicted octanol–water partition coefficient (Wildman–Crippen LogP) is 2.58. The fraction of sp³-hybridized carbons (Fsp3) is 0.222. The van der Waals surface area contributed by atoms with Gasteiger partial charge in [-0.3, -0.25) is 0 Å². The van der Waals surface area contributed by atoms with Gasteiger partial charge in [0.25, 0.3) is 6.43 Å². The van der Waals surface area contributed by atoms with Gasteiger partial charge in [0.05, 0.1) is 23.9 Å². The van der Waals surface area contributed by atoms with E-state index in [1.165, 1.54) is 0 Å². The van der Waals surface area contributed by atoms with E-state index in [1.54, 1.807) is 0 Å². The van der Waals surface area contributed by atoms with Crippen LogP contribution in [-0.2, 0) is 6.54 Å². The first kappa shape index (κ1) is 9.95. The molecule has 0 unspecified atom stereocenters. The minimum Gasteiger partial charge on any atom is -0.325 e. The Morgan fingerprint density at radius 1 is 1.20 bits per heavy atom. The Bertz CT molecular complexity index is 492. The van der Waals surface area contributed by atoms with Crippen LogP contribution in [0.3, 0.4) is 0 Å². The molecular formula is C9H6F4N2. The van der Waals surface area contributed by atoms with E-state index in [-0.39, 0.29) is 11.0 Å². The molecule has 0 atom stereocenters. The predicted molar refractivity (Wildman–Crippen MR) is 45.7 cm³/mol. The highest BCUT2D eigenvalue weighted by atomic mass is 19.3. The summed E-state index contributed by atoms with van der Waals surface area (Å²) >= 11 is 0. The van der Waals surface area contributed by atoms with E-state index in [4.69, 9.17) is 0 Å². The monoisotopic (exact) mass is 218 g/mol. The fourth-order valence-corrected chi connectivity index (χ4v) is 1.35. The van der Waals surface area contributed by atoms with Crippen molar-refractivity contribution in [2.75, 3.05) is 0 Å². The maximum atomic E-state index is 12.8. The van der Waals surface area contributed by atoms with Crippen LogP contribution in [0.25, 0.3) is 11.0 Å². The maximum Gasteiger partial charge on any atom is 0.256 e. The third kappa shape index (κ3) is 1.79. The van der Waals surface area contributed by atoms with Crippen molar-refractivity contribution in [3.8, 4) is 0 Å². The second-order valence-electron chi connectivity index (χ2n) is 3.04. The average molecular weight is 218 g/mol. The number of aromatic nitrogens is 2. The van der Waals surface area contributed by atoms with Crippen molar-refractivity contribution in [1.82, 2.24) is 9.55 Å². The van der Waals surface area contributed by atoms with E-state index < -0.39 is 24.6 Å². The van der Waals surface area contributed by atoms with Crippen LogP contribution in [-0.4, -0.2) is 16.0 Å². The Hall–Kier alpha value is -1.59. The van der Waals surface area contributed by atoms with Crippen LogP contribution < -0.4 is 0 Å². The molecule has 2 rings (SSSR count). The van der Waals surface area contributed by atoms with Gasteiger partial charge in [-0.25, -0.2) is 22.5 Å². The molecule has 1 aromatic heterocycles. The second kappa shape index (κ2) is 3.52. The van der Waals surface area contributed by atoms with E-state index >= 15 is 0 Å². The standard InChI is InChI=1S/C9H6F4N2/c10-5-1-7-8(2-6(5)11)15(4-14-7)3-9(12)13/h1-2,4,9H,3H2. The highest BCUT2D eigenvalue weighted by Crippen LogP contribution is 2.18. The van der Waals surface area contributed by atoms with Crippen molar-refractivity contribution in [3.05, 3.63) is 30.1 Å². The van der Waals surface area contributed by atoms with Crippen LogP contribution in [0.2, 0.25) is 0 Å². The summed E-state index contributed by atoms with van der Waals surface area (Å²) in [7, 11) is 0. The van der Waals surface area contributed by atoms with E-state index in [0.717, 1.165) is 23.0 Å². The van der Waals surface area contributed by atoms with Gasteiger partial charge in [-0.15, -0.1) is 0 Å². The van der Waals surface area contributed by atoms with Gasteiger partial charge in [-0.2, -0.15) is 0 Å². The summed E-state index contributed by atoms with van der Waals surface area (Å²) in [6.07, 6.45) is -1.43. The van der Waals surface area contributed by atoms with Crippen molar-refractivity contribution < 1.29 is 17.6 Å². The molecule has 2 nitrogen and oxygen atoms in total. The highest BCUT2D eigenvalue weighted by molar-refractivity contribution is 5.75. The molecule has 6 heteroatoms. The van der Waals surface area contributed by atoms with Gasteiger partial charge in [-0.05, 0) is 0 Å². The lowest BCUT2D eigenvalue weighted by molar-refractivity contribution is 0.128. The van der Waals surface area contributed by atoms with Gasteiger partial charge >= 0.3 is 0 Å². The minimum atomic E-state index is -2.56. The molecule has 0 aliphatic carbocycles. The van der Waals surface area contributed by atoms with Crippen molar-refractivity contribution in [1.29, 1.82) is 0 Å². The molecule has 0 bridgehead atoms. The van der Waals surface area contributed by atoms with Crippen LogP contribution in [0.15, 0.2) is 18.5 Å². The third-order valence-corrected chi connectivity index (χ3v) is 2.00. The van der Waals surface area contributed by atoms with Crippen LogP contribution in [0.4, 0.5) is 17.6 Å². The summed E-state index contributed by atoms with van der Waals surface area (Å²) < 4.78 is 50.9. The molecule has 0 amide bonds. The van der Waals surface area contributed by atoms with Crippen LogP contribution in [0.5, 0.6) is 0 Å². The van der Waals surface area contributed by atoms with Gasteiger partial charge in [0.2, 0.25) is 0 Å². The smallest absolute Gasteiger partial charge is 0.256 e. The summed E-state index contributed by atoms with van der Waals surface area (Å²) in [6, 6.07) is 1.74. The lowest BCUT2D eigenvalue weighted by Gasteiger charge is -2.02. The van der Waals surface area contributed by atoms with Crippen LogP contribution >= 0.6 is 0 Å². The van der Waals surface area contributed by atoms with Gasteiger partial charge in [0.15, 0.2) is 11.6 Å². The number of benzene rings is 1. The van der Waals surface area contributed by atoms with Crippen molar-refractivity contribution in [2.45, 2.75) is 13.0 Å². The van der Waals surface area contributed by atoms with E-state index in [2.05, 4.69) is 4.98 Å². The normalized spacial score (nSPS) is 11.5. The zero-order valence-corrected chi connectivity index (χ0v) is 7.42. The molecule has 1 aromatic carbocycles. The summed E-state index contributed by atoms with van der Waals surface area (Å²) in [5.74, 6) is -2.11. The molecule has 0 aliphatic heterocycles. The zero-order chi connectivity index (χ0) is 11.0. The Morgan fingerprint density at radius 2 is 1.87 bits per heavy atom. The van der Waals surface area contributed by atoms with Crippen molar-refractivity contribution in [2.24, 2.45) is 0 Å². The molecule has 0 aliphatic rings. The van der Waals surface area contributed by atoms with Crippen molar-refractivity contribution in [3.63, 3.8) is 0 Å². The summed E-state index contributed by atoms with van der Waals surface area (Å²) in [4.78, 5) is 3.70. The molecule has 15 heavy (non-hydrogen) atoms. The SMILES string of the molecule is Fc1cc2ncn(CC(F)F)c2cc1F. The number of alkyl halides is 2. The summed E-state index contributed by atoms with van der Waals surface area (Å²) in [5.41, 5.74) is 0.323. The fourth-order valence-electron chi connectivity index (χ4n) is 1.35. The first-order valence-corrected chi connectivity index (χ1v) is 4.16. The topological polar surface area (TPSA) is 17.8 Å². The van der Waals surface area contributed by atoms with E-state index in [9.17, 15) is 17.6 Å². The first-order chi connectivity index (χ1) is 7.08. The molecule has 80 valence electrons. The minimum absolute atomic E-state index is 0.161. The maximum absolute atomic E-state index is 12.8. The number of halogens is 4. The highest BCUT2D eigenvalue weighted by Gasteiger charge is 2.11. The molecule has 1 heterocycles. The lowest BCUT2D eigenvalue weighted by atomic mass is 10.3. The molecular weight excluding hydrogens is 212 g/mol. The van der Waals surface area contributed by atoms with Gasteiger partial charge in [-0.1, -0.05) is 0 Å². The number of imidazole rings is 1. The number of fused-ring (bicyclic) bond motifs is 1.